The van der Waals surface area contributed by atoms with E-state index in [4.69, 9.17) is 20.0 Å². The van der Waals surface area contributed by atoms with Gasteiger partial charge in [0.25, 0.3) is 5.69 Å². The van der Waals surface area contributed by atoms with Crippen LogP contribution in [0.15, 0.2) is 40.5 Å². The number of carbonyl (C=O) groups is 2. The Morgan fingerprint density at radius 3 is 2.42 bits per heavy atom. The van der Waals surface area contributed by atoms with Crippen molar-refractivity contribution < 1.29 is 24.0 Å². The molecule has 31 heavy (non-hydrogen) atoms. The topological polar surface area (TPSA) is 156 Å². The average Bonchev–Trinajstić information content (AvgIpc) is 2.73. The predicted molar refractivity (Wildman–Crippen MR) is 108 cm³/mol. The maximum atomic E-state index is 12.9. The third kappa shape index (κ3) is 5.52. The van der Waals surface area contributed by atoms with Gasteiger partial charge in [0.2, 0.25) is 0 Å². The first-order valence-corrected chi connectivity index (χ1v) is 9.39. The summed E-state index contributed by atoms with van der Waals surface area (Å²) < 4.78 is 10.4. The van der Waals surface area contributed by atoms with Gasteiger partial charge in [0.15, 0.2) is 0 Å². The molecule has 0 radical (unpaired) electrons. The first kappa shape index (κ1) is 23.2. The van der Waals surface area contributed by atoms with Crippen LogP contribution < -0.4 is 0 Å². The maximum Gasteiger partial charge on any atom is 0.336 e. The van der Waals surface area contributed by atoms with E-state index in [0.29, 0.717) is 17.0 Å². The van der Waals surface area contributed by atoms with E-state index in [2.05, 4.69) is 4.99 Å². The fourth-order valence-corrected chi connectivity index (χ4v) is 3.35. The summed E-state index contributed by atoms with van der Waals surface area (Å²) in [7, 11) is 0. The number of allylic oxidation sites excluding steroid dienone is 1. The molecule has 0 aromatic heterocycles. The first-order valence-electron chi connectivity index (χ1n) is 9.39. The van der Waals surface area contributed by atoms with E-state index in [-0.39, 0.29) is 37.3 Å². The molecule has 0 saturated carbocycles. The molecule has 0 fully saturated rings. The second-order valence-corrected chi connectivity index (χ2v) is 6.68. The van der Waals surface area contributed by atoms with E-state index >= 15 is 0 Å². The number of aliphatic imine (C=N–C) groups is 1. The minimum atomic E-state index is -1.04. The van der Waals surface area contributed by atoms with Crippen molar-refractivity contribution in [1.82, 2.24) is 0 Å². The van der Waals surface area contributed by atoms with Crippen LogP contribution in [-0.2, 0) is 19.1 Å². The molecule has 1 aliphatic heterocycles. The molecule has 1 aromatic carbocycles. The van der Waals surface area contributed by atoms with E-state index in [9.17, 15) is 19.7 Å². The molecule has 10 heteroatoms. The third-order valence-electron chi connectivity index (χ3n) is 4.65. The van der Waals surface area contributed by atoms with E-state index in [1.54, 1.807) is 19.9 Å². The summed E-state index contributed by atoms with van der Waals surface area (Å²) in [6, 6.07) is 9.35. The van der Waals surface area contributed by atoms with Gasteiger partial charge >= 0.3 is 11.9 Å². The number of nitro benzene ring substituents is 1. The van der Waals surface area contributed by atoms with Gasteiger partial charge in [-0.15, -0.1) is 0 Å². The number of nitrogens with zero attached hydrogens (tertiary/aromatic N) is 4. The summed E-state index contributed by atoms with van der Waals surface area (Å²) in [6.07, 6.45) is -0.0183. The third-order valence-corrected chi connectivity index (χ3v) is 4.65. The van der Waals surface area contributed by atoms with Crippen LogP contribution in [0.25, 0.3) is 0 Å². The van der Waals surface area contributed by atoms with Crippen LogP contribution in [0.2, 0.25) is 0 Å². The molecule has 2 atom stereocenters. The van der Waals surface area contributed by atoms with Crippen molar-refractivity contribution in [3.8, 4) is 12.1 Å². The highest BCUT2D eigenvalue weighted by molar-refractivity contribution is 6.07. The molecule has 0 spiro atoms. The zero-order chi connectivity index (χ0) is 23.0. The van der Waals surface area contributed by atoms with Crippen molar-refractivity contribution in [3.63, 3.8) is 0 Å². The Morgan fingerprint density at radius 2 is 1.81 bits per heavy atom. The zero-order valence-electron chi connectivity index (χ0n) is 17.0. The molecule has 0 aliphatic carbocycles. The largest absolute Gasteiger partial charge is 0.464 e. The van der Waals surface area contributed by atoms with Crippen LogP contribution in [-0.4, -0.2) is 35.8 Å². The second-order valence-electron chi connectivity index (χ2n) is 6.68. The van der Waals surface area contributed by atoms with Gasteiger partial charge in [-0.05, 0) is 19.4 Å². The Hall–Kier alpha value is -4.05. The summed E-state index contributed by atoms with van der Waals surface area (Å²) in [4.78, 5) is 40.7. The number of rotatable bonds is 8. The van der Waals surface area contributed by atoms with E-state index in [0.717, 1.165) is 0 Å². The monoisotopic (exact) mass is 424 g/mol. The van der Waals surface area contributed by atoms with Crippen molar-refractivity contribution in [2.75, 3.05) is 13.2 Å². The Labute approximate surface area is 178 Å². The lowest BCUT2D eigenvalue weighted by atomic mass is 9.75. The summed E-state index contributed by atoms with van der Waals surface area (Å²) in [5.41, 5.74) is 0.870. The number of hydrogen-bond acceptors (Lipinski definition) is 9. The van der Waals surface area contributed by atoms with Crippen molar-refractivity contribution in [2.24, 2.45) is 10.9 Å². The molecule has 0 saturated heterocycles. The highest BCUT2D eigenvalue weighted by Crippen LogP contribution is 2.41. The SMILES string of the molecule is CC1=NC(C)=C(C(=O)OCCC#N)C(c2cccc([N+](=O)[O-])c2)C1C(=O)OCCC#N. The van der Waals surface area contributed by atoms with Crippen LogP contribution >= 0.6 is 0 Å². The fraction of sp³-hybridized carbons (Fsp3) is 0.381. The highest BCUT2D eigenvalue weighted by atomic mass is 16.6. The van der Waals surface area contributed by atoms with Crippen LogP contribution in [0.5, 0.6) is 0 Å². The van der Waals surface area contributed by atoms with Crippen LogP contribution in [0, 0.1) is 38.7 Å². The number of carbonyl (C=O) groups excluding carboxylic acids is 2. The van der Waals surface area contributed by atoms with Crippen LogP contribution in [0.1, 0.15) is 38.2 Å². The van der Waals surface area contributed by atoms with Crippen LogP contribution in [0.3, 0.4) is 0 Å². The van der Waals surface area contributed by atoms with Crippen molar-refractivity contribution in [2.45, 2.75) is 32.6 Å². The van der Waals surface area contributed by atoms with Gasteiger partial charge in [0.05, 0.1) is 35.5 Å². The first-order chi connectivity index (χ1) is 14.8. The molecule has 0 amide bonds. The lowest BCUT2D eigenvalue weighted by Gasteiger charge is -2.31. The fourth-order valence-electron chi connectivity index (χ4n) is 3.35. The quantitative estimate of drug-likeness (QED) is 0.267. The molecule has 2 rings (SSSR count). The summed E-state index contributed by atoms with van der Waals surface area (Å²) in [5.74, 6) is -3.46. The lowest BCUT2D eigenvalue weighted by molar-refractivity contribution is -0.384. The van der Waals surface area contributed by atoms with Crippen molar-refractivity contribution in [3.05, 3.63) is 51.2 Å². The number of hydrogen-bond donors (Lipinski definition) is 0. The minimum absolute atomic E-state index is 0.00590. The van der Waals surface area contributed by atoms with Gasteiger partial charge in [-0.2, -0.15) is 10.5 Å². The molecular formula is C21H20N4O6. The molecule has 1 aliphatic rings. The number of nitro groups is 1. The molecule has 2 unspecified atom stereocenters. The van der Waals surface area contributed by atoms with Gasteiger partial charge in [0.1, 0.15) is 19.1 Å². The molecule has 0 bridgehead atoms. The predicted octanol–water partition coefficient (Wildman–Crippen LogP) is 2.96. The molecule has 160 valence electrons. The molecule has 0 N–H and O–H groups in total. The lowest BCUT2D eigenvalue weighted by Crippen LogP contribution is -2.36. The Bertz CT molecular complexity index is 1030. The van der Waals surface area contributed by atoms with E-state index < -0.39 is 28.7 Å². The smallest absolute Gasteiger partial charge is 0.336 e. The second kappa shape index (κ2) is 10.6. The van der Waals surface area contributed by atoms with E-state index in [1.165, 1.54) is 18.2 Å². The minimum Gasteiger partial charge on any atom is -0.464 e. The summed E-state index contributed by atoms with van der Waals surface area (Å²) in [6.45, 7) is 2.90. The molecule has 1 aromatic rings. The summed E-state index contributed by atoms with van der Waals surface area (Å²) in [5, 5.41) is 28.6. The highest BCUT2D eigenvalue weighted by Gasteiger charge is 2.42. The average molecular weight is 424 g/mol. The van der Waals surface area contributed by atoms with Gasteiger partial charge in [-0.25, -0.2) is 4.79 Å². The molecule has 1 heterocycles. The van der Waals surface area contributed by atoms with Crippen LogP contribution in [0.4, 0.5) is 5.69 Å². The van der Waals surface area contributed by atoms with Crippen molar-refractivity contribution >= 4 is 23.3 Å². The van der Waals surface area contributed by atoms with Gasteiger partial charge in [-0.1, -0.05) is 12.1 Å². The Morgan fingerprint density at radius 1 is 1.16 bits per heavy atom. The Kier molecular flexibility index (Phi) is 7.98. The van der Waals surface area contributed by atoms with Gasteiger partial charge in [0, 0.05) is 29.5 Å². The Balaban J connectivity index is 2.56. The van der Waals surface area contributed by atoms with Gasteiger partial charge in [-0.3, -0.25) is 19.9 Å². The zero-order valence-corrected chi connectivity index (χ0v) is 17.0. The number of benzene rings is 1. The maximum absolute atomic E-state index is 12.9. The molecular weight excluding hydrogens is 404 g/mol. The standard InChI is InChI=1S/C21H20N4O6/c1-13-17(20(26)30-10-4-8-22)19(15-6-3-7-16(12-15)25(28)29)18(14(2)24-13)21(27)31-11-5-9-23/h3,6-7,12,17,19H,4-5,10-11H2,1-2H3. The number of ether oxygens (including phenoxy) is 2. The number of non-ortho nitro benzene ring substituents is 1. The summed E-state index contributed by atoms with van der Waals surface area (Å²) >= 11 is 0. The van der Waals surface area contributed by atoms with Crippen molar-refractivity contribution in [1.29, 1.82) is 10.5 Å². The number of nitriles is 2. The molecule has 10 nitrogen and oxygen atoms in total. The number of esters is 2. The van der Waals surface area contributed by atoms with Gasteiger partial charge < -0.3 is 9.47 Å². The van der Waals surface area contributed by atoms with E-state index in [1.807, 2.05) is 12.1 Å². The normalized spacial score (nSPS) is 17.7.